The fraction of sp³-hybridized carbons (Fsp3) is 1.00. The molecule has 2 aliphatic rings. The highest BCUT2D eigenvalue weighted by atomic mass is 35.5. The van der Waals surface area contributed by atoms with Crippen LogP contribution in [0.5, 0.6) is 0 Å². The van der Waals surface area contributed by atoms with Crippen molar-refractivity contribution in [3.05, 3.63) is 0 Å². The fourth-order valence-electron chi connectivity index (χ4n) is 1.88. The highest BCUT2D eigenvalue weighted by Gasteiger charge is 2.51. The van der Waals surface area contributed by atoms with Gasteiger partial charge in [0, 0.05) is 12.5 Å². The van der Waals surface area contributed by atoms with Gasteiger partial charge in [-0.05, 0) is 25.3 Å². The first-order valence-corrected chi connectivity index (χ1v) is 3.75. The Morgan fingerprint density at radius 1 is 1.50 bits per heavy atom. The second-order valence-corrected chi connectivity index (χ2v) is 3.04. The molecule has 1 saturated carbocycles. The molecule has 0 spiro atoms. The van der Waals surface area contributed by atoms with Crippen LogP contribution in [0.2, 0.25) is 0 Å². The van der Waals surface area contributed by atoms with Crippen molar-refractivity contribution in [2.24, 2.45) is 17.6 Å². The fourth-order valence-corrected chi connectivity index (χ4v) is 1.88. The largest absolute Gasteiger partial charge is 0.378 e. The number of fused-ring (bicyclic) bond motifs is 1. The lowest BCUT2D eigenvalue weighted by molar-refractivity contribution is 0.0757. The van der Waals surface area contributed by atoms with E-state index in [9.17, 15) is 0 Å². The van der Waals surface area contributed by atoms with Gasteiger partial charge in [0.1, 0.15) is 0 Å². The van der Waals surface area contributed by atoms with E-state index in [1.807, 2.05) is 0 Å². The Bertz CT molecular complexity index is 101. The molecule has 0 aromatic heterocycles. The van der Waals surface area contributed by atoms with Crippen molar-refractivity contribution in [1.82, 2.24) is 0 Å². The van der Waals surface area contributed by atoms with Crippen LogP contribution in [-0.4, -0.2) is 19.3 Å². The monoisotopic (exact) mass is 163 g/mol. The van der Waals surface area contributed by atoms with Crippen LogP contribution in [0.1, 0.15) is 12.8 Å². The van der Waals surface area contributed by atoms with Gasteiger partial charge in [0.15, 0.2) is 0 Å². The topological polar surface area (TPSA) is 35.2 Å². The summed E-state index contributed by atoms with van der Waals surface area (Å²) in [5.41, 5.74) is 5.51. The second-order valence-electron chi connectivity index (χ2n) is 3.04. The number of rotatable bonds is 1. The summed E-state index contributed by atoms with van der Waals surface area (Å²) in [4.78, 5) is 0. The Balaban J connectivity index is 0.000000500. The zero-order valence-corrected chi connectivity index (χ0v) is 6.77. The molecule has 2 nitrogen and oxygen atoms in total. The van der Waals surface area contributed by atoms with Crippen molar-refractivity contribution in [3.63, 3.8) is 0 Å². The zero-order chi connectivity index (χ0) is 6.27. The molecule has 60 valence electrons. The predicted octanol–water partition coefficient (Wildman–Crippen LogP) is 0.792. The average molecular weight is 164 g/mol. The van der Waals surface area contributed by atoms with Gasteiger partial charge in [0.05, 0.1) is 6.10 Å². The van der Waals surface area contributed by atoms with Gasteiger partial charge in [-0.1, -0.05) is 0 Å². The van der Waals surface area contributed by atoms with Crippen LogP contribution in [0.25, 0.3) is 0 Å². The summed E-state index contributed by atoms with van der Waals surface area (Å²) in [5.74, 6) is 1.55. The van der Waals surface area contributed by atoms with Crippen molar-refractivity contribution in [2.75, 3.05) is 13.2 Å². The van der Waals surface area contributed by atoms with Crippen molar-refractivity contribution < 1.29 is 4.74 Å². The number of ether oxygens (including phenoxy) is 1. The Morgan fingerprint density at radius 2 is 2.30 bits per heavy atom. The summed E-state index contributed by atoms with van der Waals surface area (Å²) in [7, 11) is 0. The van der Waals surface area contributed by atoms with E-state index < -0.39 is 0 Å². The first kappa shape index (κ1) is 8.31. The first-order valence-electron chi connectivity index (χ1n) is 3.75. The minimum absolute atomic E-state index is 0. The summed E-state index contributed by atoms with van der Waals surface area (Å²) < 4.78 is 5.48. The summed E-state index contributed by atoms with van der Waals surface area (Å²) in [6.07, 6.45) is 3.16. The summed E-state index contributed by atoms with van der Waals surface area (Å²) in [6, 6.07) is 0. The minimum atomic E-state index is 0. The number of hydrogen-bond acceptors (Lipinski definition) is 2. The molecular formula is C7H14ClNO. The van der Waals surface area contributed by atoms with Crippen LogP contribution in [0.3, 0.4) is 0 Å². The summed E-state index contributed by atoms with van der Waals surface area (Å²) in [6.45, 7) is 1.80. The maximum atomic E-state index is 5.51. The quantitative estimate of drug-likeness (QED) is 0.621. The van der Waals surface area contributed by atoms with Crippen molar-refractivity contribution in [1.29, 1.82) is 0 Å². The molecular weight excluding hydrogens is 150 g/mol. The number of hydrogen-bond donors (Lipinski definition) is 1. The molecule has 3 heteroatoms. The molecule has 1 aliphatic heterocycles. The van der Waals surface area contributed by atoms with E-state index in [1.165, 1.54) is 12.8 Å². The van der Waals surface area contributed by atoms with E-state index in [1.54, 1.807) is 0 Å². The first-order chi connectivity index (χ1) is 4.43. The average Bonchev–Trinajstić information content (AvgIpc) is 2.60. The molecule has 1 heterocycles. The lowest BCUT2D eigenvalue weighted by atomic mass is 10.2. The SMILES string of the molecule is Cl.NC[C@@H]1[C@H]2CCCO[C@@H]12. The minimum Gasteiger partial charge on any atom is -0.378 e. The molecule has 1 aliphatic carbocycles. The zero-order valence-electron chi connectivity index (χ0n) is 5.95. The Kier molecular flexibility index (Phi) is 2.55. The standard InChI is InChI=1S/C7H13NO.ClH/c8-4-6-5-2-1-3-9-7(5)6;/h5-7H,1-4,8H2;1H/t5-,6-,7-;/m1./s1. The Labute approximate surface area is 67.5 Å². The van der Waals surface area contributed by atoms with Crippen LogP contribution >= 0.6 is 12.4 Å². The van der Waals surface area contributed by atoms with Gasteiger partial charge in [0.25, 0.3) is 0 Å². The summed E-state index contributed by atoms with van der Waals surface area (Å²) >= 11 is 0. The Morgan fingerprint density at radius 3 is 2.80 bits per heavy atom. The molecule has 0 amide bonds. The van der Waals surface area contributed by atoms with Gasteiger partial charge in [0.2, 0.25) is 0 Å². The molecule has 0 radical (unpaired) electrons. The second kappa shape index (κ2) is 3.07. The van der Waals surface area contributed by atoms with Crippen molar-refractivity contribution in [2.45, 2.75) is 18.9 Å². The maximum absolute atomic E-state index is 5.51. The third kappa shape index (κ3) is 1.16. The summed E-state index contributed by atoms with van der Waals surface area (Å²) in [5, 5.41) is 0. The van der Waals surface area contributed by atoms with Crippen LogP contribution in [0, 0.1) is 11.8 Å². The molecule has 2 rings (SSSR count). The third-order valence-electron chi connectivity index (χ3n) is 2.52. The van der Waals surface area contributed by atoms with Crippen LogP contribution in [0.4, 0.5) is 0 Å². The third-order valence-corrected chi connectivity index (χ3v) is 2.52. The molecule has 2 fully saturated rings. The molecule has 1 saturated heterocycles. The van der Waals surface area contributed by atoms with Gasteiger partial charge in [-0.2, -0.15) is 0 Å². The lowest BCUT2D eigenvalue weighted by Gasteiger charge is -2.07. The highest BCUT2D eigenvalue weighted by molar-refractivity contribution is 5.85. The molecule has 0 aromatic carbocycles. The van der Waals surface area contributed by atoms with Crippen LogP contribution in [-0.2, 0) is 4.74 Å². The van der Waals surface area contributed by atoms with Gasteiger partial charge in [-0.3, -0.25) is 0 Å². The van der Waals surface area contributed by atoms with Gasteiger partial charge in [-0.25, -0.2) is 0 Å². The van der Waals surface area contributed by atoms with Crippen LogP contribution < -0.4 is 5.73 Å². The molecule has 0 aromatic rings. The maximum Gasteiger partial charge on any atom is 0.0651 e. The highest BCUT2D eigenvalue weighted by Crippen LogP contribution is 2.46. The van der Waals surface area contributed by atoms with E-state index in [4.69, 9.17) is 10.5 Å². The van der Waals surface area contributed by atoms with Crippen LogP contribution in [0.15, 0.2) is 0 Å². The molecule has 3 atom stereocenters. The van der Waals surface area contributed by atoms with Crippen molar-refractivity contribution in [3.8, 4) is 0 Å². The number of halogens is 1. The van der Waals surface area contributed by atoms with E-state index in [-0.39, 0.29) is 12.4 Å². The molecule has 0 bridgehead atoms. The van der Waals surface area contributed by atoms with Gasteiger partial charge < -0.3 is 10.5 Å². The van der Waals surface area contributed by atoms with E-state index >= 15 is 0 Å². The molecule has 10 heavy (non-hydrogen) atoms. The number of nitrogens with two attached hydrogens (primary N) is 1. The van der Waals surface area contributed by atoms with Gasteiger partial charge in [-0.15, -0.1) is 12.4 Å². The van der Waals surface area contributed by atoms with E-state index in [2.05, 4.69) is 0 Å². The van der Waals surface area contributed by atoms with E-state index in [0.29, 0.717) is 12.0 Å². The predicted molar refractivity (Wildman–Crippen MR) is 42.3 cm³/mol. The van der Waals surface area contributed by atoms with Crippen molar-refractivity contribution >= 4 is 12.4 Å². The normalized spacial score (nSPS) is 43.5. The van der Waals surface area contributed by atoms with E-state index in [0.717, 1.165) is 19.1 Å². The molecule has 0 unspecified atom stereocenters. The Hall–Kier alpha value is 0.210. The van der Waals surface area contributed by atoms with Gasteiger partial charge >= 0.3 is 0 Å². The lowest BCUT2D eigenvalue weighted by Crippen LogP contribution is -2.07. The smallest absolute Gasteiger partial charge is 0.0651 e. The molecule has 2 N–H and O–H groups in total.